The lowest BCUT2D eigenvalue weighted by Gasteiger charge is -2.24. The van der Waals surface area contributed by atoms with E-state index in [2.05, 4.69) is 19.2 Å². The van der Waals surface area contributed by atoms with Gasteiger partial charge >= 0.3 is 5.97 Å². The number of rotatable bonds is 4. The summed E-state index contributed by atoms with van der Waals surface area (Å²) in [6.45, 7) is 4.44. The molecule has 0 heterocycles. The molecule has 0 spiro atoms. The first-order chi connectivity index (χ1) is 7.87. The van der Waals surface area contributed by atoms with Gasteiger partial charge in [-0.2, -0.15) is 0 Å². The molecule has 0 bridgehead atoms. The fourth-order valence-electron chi connectivity index (χ4n) is 2.81. The molecule has 0 radical (unpaired) electrons. The third-order valence-corrected chi connectivity index (χ3v) is 4.45. The fraction of sp³-hybridized carbons (Fsp3) is 0.846. The largest absolute Gasteiger partial charge is 0.481 e. The van der Waals surface area contributed by atoms with Crippen molar-refractivity contribution in [1.29, 1.82) is 0 Å². The standard InChI is InChI=1S/C13H21NO3/c1-12(2)7-9(12)10(15)14-8-13(11(16)17)5-3-4-6-13/h9H,3-8H2,1-2H3,(H,14,15)(H,16,17). The maximum atomic E-state index is 11.8. The fourth-order valence-corrected chi connectivity index (χ4v) is 2.81. The van der Waals surface area contributed by atoms with E-state index < -0.39 is 11.4 Å². The maximum Gasteiger partial charge on any atom is 0.311 e. The van der Waals surface area contributed by atoms with Gasteiger partial charge in [-0.15, -0.1) is 0 Å². The number of amides is 1. The lowest BCUT2D eigenvalue weighted by atomic mass is 9.86. The van der Waals surface area contributed by atoms with Gasteiger partial charge in [0.2, 0.25) is 5.91 Å². The summed E-state index contributed by atoms with van der Waals surface area (Å²) in [5.74, 6) is -0.650. The normalized spacial score (nSPS) is 28.7. The van der Waals surface area contributed by atoms with Crippen LogP contribution in [-0.2, 0) is 9.59 Å². The van der Waals surface area contributed by atoms with Gasteiger partial charge in [-0.05, 0) is 24.7 Å². The summed E-state index contributed by atoms with van der Waals surface area (Å²) in [7, 11) is 0. The van der Waals surface area contributed by atoms with Gasteiger partial charge in [0.1, 0.15) is 0 Å². The van der Waals surface area contributed by atoms with Crippen LogP contribution in [0.4, 0.5) is 0 Å². The third kappa shape index (κ3) is 2.31. The van der Waals surface area contributed by atoms with E-state index in [1.54, 1.807) is 0 Å². The number of carbonyl (C=O) groups is 2. The van der Waals surface area contributed by atoms with Crippen molar-refractivity contribution in [1.82, 2.24) is 5.32 Å². The molecular formula is C13H21NO3. The highest BCUT2D eigenvalue weighted by atomic mass is 16.4. The molecular weight excluding hydrogens is 218 g/mol. The van der Waals surface area contributed by atoms with Crippen molar-refractivity contribution in [3.63, 3.8) is 0 Å². The second kappa shape index (κ2) is 4.00. The Kier molecular flexibility index (Phi) is 2.92. The highest BCUT2D eigenvalue weighted by Gasteiger charge is 2.51. The van der Waals surface area contributed by atoms with E-state index in [-0.39, 0.29) is 17.2 Å². The first kappa shape index (κ1) is 12.4. The topological polar surface area (TPSA) is 66.4 Å². The van der Waals surface area contributed by atoms with Crippen LogP contribution >= 0.6 is 0 Å². The summed E-state index contributed by atoms with van der Waals surface area (Å²) in [5.41, 5.74) is -0.592. The maximum absolute atomic E-state index is 11.8. The first-order valence-electron chi connectivity index (χ1n) is 6.39. The molecule has 2 fully saturated rings. The Balaban J connectivity index is 1.88. The molecule has 17 heavy (non-hydrogen) atoms. The molecule has 96 valence electrons. The summed E-state index contributed by atoms with van der Waals surface area (Å²) >= 11 is 0. The van der Waals surface area contributed by atoms with Crippen molar-refractivity contribution in [3.8, 4) is 0 Å². The zero-order chi connectivity index (χ0) is 12.7. The summed E-state index contributed by atoms with van der Waals surface area (Å²) in [6, 6.07) is 0. The lowest BCUT2D eigenvalue weighted by molar-refractivity contribution is -0.148. The summed E-state index contributed by atoms with van der Waals surface area (Å²) in [6.07, 6.45) is 4.21. The van der Waals surface area contributed by atoms with Gasteiger partial charge in [0, 0.05) is 12.5 Å². The van der Waals surface area contributed by atoms with E-state index in [0.717, 1.165) is 19.3 Å². The van der Waals surface area contributed by atoms with Gasteiger partial charge in [-0.3, -0.25) is 9.59 Å². The Labute approximate surface area is 102 Å². The van der Waals surface area contributed by atoms with E-state index in [1.165, 1.54) is 0 Å². The van der Waals surface area contributed by atoms with Crippen LogP contribution in [0.2, 0.25) is 0 Å². The van der Waals surface area contributed by atoms with E-state index >= 15 is 0 Å². The van der Waals surface area contributed by atoms with Crippen LogP contribution in [0.3, 0.4) is 0 Å². The van der Waals surface area contributed by atoms with Gasteiger partial charge < -0.3 is 10.4 Å². The molecule has 2 rings (SSSR count). The molecule has 4 nitrogen and oxygen atoms in total. The Hall–Kier alpha value is -1.06. The number of nitrogens with one attached hydrogen (secondary N) is 1. The molecule has 1 atom stereocenters. The lowest BCUT2D eigenvalue weighted by Crippen LogP contribution is -2.42. The molecule has 0 aliphatic heterocycles. The van der Waals surface area contributed by atoms with Gasteiger partial charge in [-0.25, -0.2) is 0 Å². The van der Waals surface area contributed by atoms with Crippen LogP contribution < -0.4 is 5.32 Å². The minimum Gasteiger partial charge on any atom is -0.481 e. The number of carbonyl (C=O) groups excluding carboxylic acids is 1. The average molecular weight is 239 g/mol. The molecule has 0 aromatic carbocycles. The molecule has 4 heteroatoms. The molecule has 0 aromatic rings. The number of hydrogen-bond donors (Lipinski definition) is 2. The van der Waals surface area contributed by atoms with Crippen molar-refractivity contribution in [2.24, 2.45) is 16.7 Å². The SMILES string of the molecule is CC1(C)CC1C(=O)NCC1(C(=O)O)CCCC1. The number of carboxylic acid groups (broad SMARTS) is 1. The van der Waals surface area contributed by atoms with Crippen LogP contribution in [0.1, 0.15) is 46.0 Å². The summed E-state index contributed by atoms with van der Waals surface area (Å²) in [5, 5.41) is 12.1. The second-order valence-electron chi connectivity index (χ2n) is 6.26. The van der Waals surface area contributed by atoms with Crippen molar-refractivity contribution in [2.75, 3.05) is 6.54 Å². The predicted molar refractivity (Wildman–Crippen MR) is 63.4 cm³/mol. The molecule has 1 amide bonds. The number of carboxylic acids is 1. The zero-order valence-electron chi connectivity index (χ0n) is 10.6. The highest BCUT2D eigenvalue weighted by Crippen LogP contribution is 2.51. The molecule has 0 aromatic heterocycles. The monoisotopic (exact) mass is 239 g/mol. The van der Waals surface area contributed by atoms with Crippen LogP contribution in [0.25, 0.3) is 0 Å². The van der Waals surface area contributed by atoms with E-state index in [0.29, 0.717) is 19.4 Å². The Morgan fingerprint density at radius 1 is 1.29 bits per heavy atom. The van der Waals surface area contributed by atoms with Crippen molar-refractivity contribution < 1.29 is 14.7 Å². The Bertz CT molecular complexity index is 343. The van der Waals surface area contributed by atoms with Crippen molar-refractivity contribution >= 4 is 11.9 Å². The smallest absolute Gasteiger partial charge is 0.311 e. The van der Waals surface area contributed by atoms with E-state index in [4.69, 9.17) is 0 Å². The number of aliphatic carboxylic acids is 1. The molecule has 2 aliphatic carbocycles. The highest BCUT2D eigenvalue weighted by molar-refractivity contribution is 5.83. The van der Waals surface area contributed by atoms with Crippen LogP contribution in [-0.4, -0.2) is 23.5 Å². The van der Waals surface area contributed by atoms with Gasteiger partial charge in [0.15, 0.2) is 0 Å². The number of hydrogen-bond acceptors (Lipinski definition) is 2. The summed E-state index contributed by atoms with van der Waals surface area (Å²) in [4.78, 5) is 23.1. The Morgan fingerprint density at radius 2 is 1.82 bits per heavy atom. The third-order valence-electron chi connectivity index (χ3n) is 4.45. The minimum atomic E-state index is -0.759. The van der Waals surface area contributed by atoms with Crippen LogP contribution in [0.15, 0.2) is 0 Å². The second-order valence-corrected chi connectivity index (χ2v) is 6.26. The molecule has 2 N–H and O–H groups in total. The van der Waals surface area contributed by atoms with E-state index in [1.807, 2.05) is 0 Å². The molecule has 0 saturated heterocycles. The molecule has 2 saturated carbocycles. The van der Waals surface area contributed by atoms with Gasteiger partial charge in [-0.1, -0.05) is 26.7 Å². The first-order valence-corrected chi connectivity index (χ1v) is 6.39. The van der Waals surface area contributed by atoms with Crippen LogP contribution in [0.5, 0.6) is 0 Å². The molecule has 1 unspecified atom stereocenters. The van der Waals surface area contributed by atoms with E-state index in [9.17, 15) is 14.7 Å². The summed E-state index contributed by atoms with van der Waals surface area (Å²) < 4.78 is 0. The van der Waals surface area contributed by atoms with Gasteiger partial charge in [0.05, 0.1) is 5.41 Å². The van der Waals surface area contributed by atoms with Crippen molar-refractivity contribution in [3.05, 3.63) is 0 Å². The quantitative estimate of drug-likeness (QED) is 0.786. The van der Waals surface area contributed by atoms with Crippen molar-refractivity contribution in [2.45, 2.75) is 46.0 Å². The average Bonchev–Trinajstić information content (AvgIpc) is 2.71. The van der Waals surface area contributed by atoms with Gasteiger partial charge in [0.25, 0.3) is 0 Å². The Morgan fingerprint density at radius 3 is 2.24 bits per heavy atom. The molecule has 2 aliphatic rings. The minimum absolute atomic E-state index is 0.0301. The predicted octanol–water partition coefficient (Wildman–Crippen LogP) is 1.79. The van der Waals surface area contributed by atoms with Crippen LogP contribution in [0, 0.1) is 16.7 Å². The zero-order valence-corrected chi connectivity index (χ0v) is 10.6.